The average molecular weight is 403 g/mol. The molecule has 1 N–H and O–H groups in total. The molecule has 0 heterocycles. The van der Waals surface area contributed by atoms with Crippen molar-refractivity contribution in [3.05, 3.63) is 59.1 Å². The van der Waals surface area contributed by atoms with Gasteiger partial charge in [0, 0.05) is 43.2 Å². The Labute approximate surface area is 173 Å². The lowest BCUT2D eigenvalue weighted by Crippen LogP contribution is -2.36. The van der Waals surface area contributed by atoms with Gasteiger partial charge in [-0.15, -0.1) is 0 Å². The first kappa shape index (κ1) is 22.3. The molecule has 2 aromatic rings. The van der Waals surface area contributed by atoms with Gasteiger partial charge in [-0.05, 0) is 49.6 Å². The Morgan fingerprint density at radius 1 is 1.11 bits per heavy atom. The standard InChI is InChI=1S/C23H31ClN2O2/c1-4-15-26(18(3)27)16-14-21(5-2)25-17-19-8-6-7-9-23(19)28-22-12-10-20(24)11-13-22/h6-13,21,25H,4-5,14-17H2,1-3H3. The molecule has 5 heteroatoms. The number of carbonyl (C=O) groups is 1. The van der Waals surface area contributed by atoms with Crippen molar-refractivity contribution in [2.45, 2.75) is 52.6 Å². The Balaban J connectivity index is 1.95. The highest BCUT2D eigenvalue weighted by atomic mass is 35.5. The van der Waals surface area contributed by atoms with Crippen LogP contribution in [0.1, 0.15) is 45.6 Å². The van der Waals surface area contributed by atoms with Gasteiger partial charge < -0.3 is 15.0 Å². The van der Waals surface area contributed by atoms with Crippen LogP contribution < -0.4 is 10.1 Å². The fourth-order valence-electron chi connectivity index (χ4n) is 3.09. The van der Waals surface area contributed by atoms with Crippen molar-refractivity contribution in [3.8, 4) is 11.5 Å². The van der Waals surface area contributed by atoms with Crippen LogP contribution in [0.4, 0.5) is 0 Å². The lowest BCUT2D eigenvalue weighted by molar-refractivity contribution is -0.129. The number of rotatable bonds is 11. The average Bonchev–Trinajstić information content (AvgIpc) is 2.69. The van der Waals surface area contributed by atoms with E-state index in [2.05, 4.69) is 25.2 Å². The van der Waals surface area contributed by atoms with E-state index in [-0.39, 0.29) is 5.91 Å². The van der Waals surface area contributed by atoms with Crippen LogP contribution in [0.3, 0.4) is 0 Å². The van der Waals surface area contributed by atoms with Crippen LogP contribution in [0.25, 0.3) is 0 Å². The van der Waals surface area contributed by atoms with E-state index in [0.717, 1.165) is 56.0 Å². The van der Waals surface area contributed by atoms with Crippen molar-refractivity contribution in [2.24, 2.45) is 0 Å². The molecule has 152 valence electrons. The summed E-state index contributed by atoms with van der Waals surface area (Å²) in [7, 11) is 0. The van der Waals surface area contributed by atoms with Crippen LogP contribution in [0, 0.1) is 0 Å². The first-order valence-corrected chi connectivity index (χ1v) is 10.4. The number of hydrogen-bond acceptors (Lipinski definition) is 3. The highest BCUT2D eigenvalue weighted by molar-refractivity contribution is 6.30. The molecule has 0 radical (unpaired) electrons. The van der Waals surface area contributed by atoms with Gasteiger partial charge in [-0.1, -0.05) is 43.6 Å². The van der Waals surface area contributed by atoms with Crippen LogP contribution in [0.15, 0.2) is 48.5 Å². The molecule has 1 atom stereocenters. The Morgan fingerprint density at radius 3 is 2.46 bits per heavy atom. The van der Waals surface area contributed by atoms with Gasteiger partial charge in [0.05, 0.1) is 0 Å². The summed E-state index contributed by atoms with van der Waals surface area (Å²) >= 11 is 5.95. The molecule has 0 bridgehead atoms. The normalized spacial score (nSPS) is 11.9. The van der Waals surface area contributed by atoms with Gasteiger partial charge in [0.25, 0.3) is 0 Å². The van der Waals surface area contributed by atoms with Gasteiger partial charge in [-0.2, -0.15) is 0 Å². The third-order valence-corrected chi connectivity index (χ3v) is 5.03. The van der Waals surface area contributed by atoms with Crippen molar-refractivity contribution >= 4 is 17.5 Å². The number of amides is 1. The van der Waals surface area contributed by atoms with Crippen molar-refractivity contribution in [2.75, 3.05) is 13.1 Å². The lowest BCUT2D eigenvalue weighted by atomic mass is 10.1. The quantitative estimate of drug-likeness (QED) is 0.528. The first-order valence-electron chi connectivity index (χ1n) is 10.0. The summed E-state index contributed by atoms with van der Waals surface area (Å²) in [6, 6.07) is 15.8. The Bertz CT molecular complexity index is 734. The molecule has 0 saturated carbocycles. The maximum Gasteiger partial charge on any atom is 0.219 e. The molecule has 0 aliphatic carbocycles. The number of hydrogen-bond donors (Lipinski definition) is 1. The molecule has 4 nitrogen and oxygen atoms in total. The predicted octanol–water partition coefficient (Wildman–Crippen LogP) is 5.65. The molecule has 0 spiro atoms. The minimum atomic E-state index is 0.151. The van der Waals surface area contributed by atoms with Gasteiger partial charge >= 0.3 is 0 Å². The first-order chi connectivity index (χ1) is 13.5. The Morgan fingerprint density at radius 2 is 1.82 bits per heavy atom. The molecule has 0 aliphatic heterocycles. The number of ether oxygens (including phenoxy) is 1. The van der Waals surface area contributed by atoms with Crippen LogP contribution in [0.5, 0.6) is 11.5 Å². The molecule has 2 aromatic carbocycles. The Kier molecular flexibility index (Phi) is 9.32. The van der Waals surface area contributed by atoms with E-state index in [1.165, 1.54) is 0 Å². The summed E-state index contributed by atoms with van der Waals surface area (Å²) in [5.74, 6) is 1.75. The molecule has 0 saturated heterocycles. The number of carbonyl (C=O) groups excluding carboxylic acids is 1. The summed E-state index contributed by atoms with van der Waals surface area (Å²) in [4.78, 5) is 13.7. The number of benzene rings is 2. The second-order valence-electron chi connectivity index (χ2n) is 6.94. The fourth-order valence-corrected chi connectivity index (χ4v) is 3.22. The third kappa shape index (κ3) is 7.17. The van der Waals surface area contributed by atoms with E-state index < -0.39 is 0 Å². The van der Waals surface area contributed by atoms with Crippen LogP contribution >= 0.6 is 11.6 Å². The van der Waals surface area contributed by atoms with Gasteiger partial charge in [0.1, 0.15) is 11.5 Å². The largest absolute Gasteiger partial charge is 0.457 e. The van der Waals surface area contributed by atoms with Crippen LogP contribution in [-0.4, -0.2) is 29.9 Å². The molecule has 1 unspecified atom stereocenters. The fraction of sp³-hybridized carbons (Fsp3) is 0.435. The second-order valence-corrected chi connectivity index (χ2v) is 7.38. The Hall–Kier alpha value is -2.04. The number of para-hydroxylation sites is 1. The highest BCUT2D eigenvalue weighted by Gasteiger charge is 2.13. The SMILES string of the molecule is CCCN(CCC(CC)NCc1ccccc1Oc1ccc(Cl)cc1)C(C)=O. The highest BCUT2D eigenvalue weighted by Crippen LogP contribution is 2.26. The molecular formula is C23H31ClN2O2. The zero-order valence-electron chi connectivity index (χ0n) is 17.1. The summed E-state index contributed by atoms with van der Waals surface area (Å²) in [6.07, 6.45) is 2.94. The molecular weight excluding hydrogens is 372 g/mol. The van der Waals surface area contributed by atoms with Gasteiger partial charge in [0.15, 0.2) is 0 Å². The van der Waals surface area contributed by atoms with Crippen molar-refractivity contribution < 1.29 is 9.53 Å². The monoisotopic (exact) mass is 402 g/mol. The van der Waals surface area contributed by atoms with Gasteiger partial charge in [-0.25, -0.2) is 0 Å². The number of nitrogens with zero attached hydrogens (tertiary/aromatic N) is 1. The van der Waals surface area contributed by atoms with E-state index >= 15 is 0 Å². The van der Waals surface area contributed by atoms with Crippen LogP contribution in [0.2, 0.25) is 5.02 Å². The number of halogens is 1. The third-order valence-electron chi connectivity index (χ3n) is 4.77. The molecule has 28 heavy (non-hydrogen) atoms. The number of nitrogens with one attached hydrogen (secondary N) is 1. The minimum absolute atomic E-state index is 0.151. The zero-order valence-corrected chi connectivity index (χ0v) is 17.8. The van der Waals surface area contributed by atoms with E-state index in [1.54, 1.807) is 6.92 Å². The molecule has 0 aliphatic rings. The van der Waals surface area contributed by atoms with Gasteiger partial charge in [-0.3, -0.25) is 4.79 Å². The van der Waals surface area contributed by atoms with E-state index in [1.807, 2.05) is 47.4 Å². The molecule has 2 rings (SSSR count). The maximum absolute atomic E-state index is 11.7. The summed E-state index contributed by atoms with van der Waals surface area (Å²) in [5, 5.41) is 4.31. The van der Waals surface area contributed by atoms with Crippen LogP contribution in [-0.2, 0) is 11.3 Å². The predicted molar refractivity (Wildman–Crippen MR) is 116 cm³/mol. The van der Waals surface area contributed by atoms with Crippen molar-refractivity contribution in [1.29, 1.82) is 0 Å². The maximum atomic E-state index is 11.7. The smallest absolute Gasteiger partial charge is 0.219 e. The topological polar surface area (TPSA) is 41.6 Å². The summed E-state index contributed by atoms with van der Waals surface area (Å²) < 4.78 is 6.04. The van der Waals surface area contributed by atoms with Crippen molar-refractivity contribution in [3.63, 3.8) is 0 Å². The molecule has 0 fully saturated rings. The molecule has 0 aromatic heterocycles. The summed E-state index contributed by atoms with van der Waals surface area (Å²) in [6.45, 7) is 8.25. The molecule has 1 amide bonds. The van der Waals surface area contributed by atoms with E-state index in [4.69, 9.17) is 16.3 Å². The minimum Gasteiger partial charge on any atom is -0.457 e. The second kappa shape index (κ2) is 11.7. The van der Waals surface area contributed by atoms with E-state index in [9.17, 15) is 4.79 Å². The zero-order chi connectivity index (χ0) is 20.4. The van der Waals surface area contributed by atoms with Gasteiger partial charge in [0.2, 0.25) is 5.91 Å². The summed E-state index contributed by atoms with van der Waals surface area (Å²) in [5.41, 5.74) is 1.10. The lowest BCUT2D eigenvalue weighted by Gasteiger charge is -2.24. The van der Waals surface area contributed by atoms with E-state index in [0.29, 0.717) is 11.1 Å². The van der Waals surface area contributed by atoms with Crippen molar-refractivity contribution in [1.82, 2.24) is 10.2 Å².